The van der Waals surface area contributed by atoms with Gasteiger partial charge in [-0.25, -0.2) is 8.60 Å². The Labute approximate surface area is 103 Å². The molecule has 0 amide bonds. The van der Waals surface area contributed by atoms with Crippen molar-refractivity contribution in [1.82, 2.24) is 0 Å². The molecular weight excluding hydrogens is 241 g/mol. The third-order valence-corrected chi connectivity index (χ3v) is 3.35. The molecule has 0 heterocycles. The Morgan fingerprint density at radius 1 is 1.41 bits per heavy atom. The molecule has 3 nitrogen and oxygen atoms in total. The molecule has 17 heavy (non-hydrogen) atoms. The highest BCUT2D eigenvalue weighted by Crippen LogP contribution is 2.18. The zero-order chi connectivity index (χ0) is 13.1. The first-order chi connectivity index (χ1) is 7.84. The van der Waals surface area contributed by atoms with Gasteiger partial charge in [-0.15, -0.1) is 0 Å². The molecule has 0 unspecified atom stereocenters. The molecule has 1 rings (SSSR count). The summed E-state index contributed by atoms with van der Waals surface area (Å²) in [5.74, 6) is -0.00407. The predicted octanol–water partition coefficient (Wildman–Crippen LogP) is 2.72. The van der Waals surface area contributed by atoms with E-state index in [1.54, 1.807) is 0 Å². The van der Waals surface area contributed by atoms with Crippen LogP contribution in [0.1, 0.15) is 26.3 Å². The van der Waals surface area contributed by atoms with Gasteiger partial charge in [0.1, 0.15) is 22.6 Å². The first-order valence-electron chi connectivity index (χ1n) is 5.14. The van der Waals surface area contributed by atoms with Gasteiger partial charge in [-0.3, -0.25) is 0 Å². The molecule has 0 N–H and O–H groups in total. The van der Waals surface area contributed by atoms with Gasteiger partial charge >= 0.3 is 0 Å². The van der Waals surface area contributed by atoms with Crippen LogP contribution in [0.2, 0.25) is 0 Å². The smallest absolute Gasteiger partial charge is 0.144 e. The second-order valence-corrected chi connectivity index (χ2v) is 6.42. The number of hydrogen-bond donors (Lipinski definition) is 0. The molecule has 0 aliphatic carbocycles. The fourth-order valence-electron chi connectivity index (χ4n) is 1.05. The summed E-state index contributed by atoms with van der Waals surface area (Å²) in [6.45, 7) is 5.51. The number of nitrogens with zero attached hydrogens (tertiary/aromatic N) is 1. The van der Waals surface area contributed by atoms with E-state index in [-0.39, 0.29) is 5.82 Å². The SMILES string of the molecule is COc1cc(F)ccc1C=N[S@@](=O)C(C)(C)C. The minimum absolute atomic E-state index is 0.375. The second-order valence-electron chi connectivity index (χ2n) is 4.48. The molecule has 1 aromatic carbocycles. The van der Waals surface area contributed by atoms with Gasteiger partial charge in [0, 0.05) is 17.8 Å². The lowest BCUT2D eigenvalue weighted by Crippen LogP contribution is -2.19. The number of rotatable bonds is 3. The zero-order valence-corrected chi connectivity index (χ0v) is 11.2. The topological polar surface area (TPSA) is 38.7 Å². The fourth-order valence-corrected chi connectivity index (χ4v) is 1.58. The van der Waals surface area contributed by atoms with Gasteiger partial charge in [0.05, 0.1) is 11.9 Å². The molecule has 0 radical (unpaired) electrons. The maximum Gasteiger partial charge on any atom is 0.144 e. The van der Waals surface area contributed by atoms with Gasteiger partial charge in [0.2, 0.25) is 0 Å². The Morgan fingerprint density at radius 3 is 2.59 bits per heavy atom. The van der Waals surface area contributed by atoms with Crippen LogP contribution < -0.4 is 4.74 Å². The Bertz CT molecular complexity index is 452. The molecule has 1 aromatic rings. The van der Waals surface area contributed by atoms with Crippen LogP contribution in [0.4, 0.5) is 4.39 Å². The van der Waals surface area contributed by atoms with Crippen molar-refractivity contribution in [3.63, 3.8) is 0 Å². The highest BCUT2D eigenvalue weighted by atomic mass is 32.2. The predicted molar refractivity (Wildman–Crippen MR) is 68.4 cm³/mol. The second kappa shape index (κ2) is 5.40. The quantitative estimate of drug-likeness (QED) is 0.781. The van der Waals surface area contributed by atoms with Crippen molar-refractivity contribution in [2.75, 3.05) is 7.11 Å². The summed E-state index contributed by atoms with van der Waals surface area (Å²) < 4.78 is 33.2. The van der Waals surface area contributed by atoms with E-state index >= 15 is 0 Å². The maximum absolute atomic E-state index is 12.9. The van der Waals surface area contributed by atoms with Crippen molar-refractivity contribution in [3.05, 3.63) is 29.6 Å². The largest absolute Gasteiger partial charge is 0.496 e. The first kappa shape index (κ1) is 13.8. The Morgan fingerprint density at radius 2 is 2.06 bits per heavy atom. The van der Waals surface area contributed by atoms with Crippen LogP contribution in [0.3, 0.4) is 0 Å². The van der Waals surface area contributed by atoms with Crippen molar-refractivity contribution in [2.24, 2.45) is 4.40 Å². The molecule has 0 bridgehead atoms. The molecule has 0 saturated carbocycles. The van der Waals surface area contributed by atoms with Gasteiger partial charge in [-0.2, -0.15) is 4.40 Å². The minimum atomic E-state index is -1.33. The molecule has 0 saturated heterocycles. The van der Waals surface area contributed by atoms with Crippen LogP contribution in [-0.4, -0.2) is 22.3 Å². The summed E-state index contributed by atoms with van der Waals surface area (Å²) >= 11 is 0. The number of methoxy groups -OCH3 is 1. The van der Waals surface area contributed by atoms with E-state index in [0.717, 1.165) is 0 Å². The fraction of sp³-hybridized carbons (Fsp3) is 0.417. The molecule has 0 fully saturated rings. The molecular formula is C12H16FNO2S. The van der Waals surface area contributed by atoms with E-state index in [1.807, 2.05) is 20.8 Å². The summed E-state index contributed by atoms with van der Waals surface area (Å²) in [7, 11) is 0.118. The average molecular weight is 257 g/mol. The van der Waals surface area contributed by atoms with Gasteiger partial charge in [-0.1, -0.05) is 0 Å². The van der Waals surface area contributed by atoms with E-state index in [2.05, 4.69) is 4.40 Å². The Kier molecular flexibility index (Phi) is 4.40. The number of ether oxygens (including phenoxy) is 1. The lowest BCUT2D eigenvalue weighted by atomic mass is 10.2. The van der Waals surface area contributed by atoms with Crippen LogP contribution in [0.5, 0.6) is 5.75 Å². The Hall–Kier alpha value is -1.23. The molecule has 0 aliphatic heterocycles. The average Bonchev–Trinajstić information content (AvgIpc) is 2.25. The standard InChI is InChI=1S/C12H16FNO2S/c1-12(2,3)17(15)14-8-9-5-6-10(13)7-11(9)16-4/h5-8H,1-4H3/t17-/m0/s1. The number of benzene rings is 1. The summed E-state index contributed by atoms with van der Waals surface area (Å²) in [5.41, 5.74) is 0.603. The summed E-state index contributed by atoms with van der Waals surface area (Å²) in [6, 6.07) is 4.11. The highest BCUT2D eigenvalue weighted by molar-refractivity contribution is 7.85. The minimum Gasteiger partial charge on any atom is -0.496 e. The van der Waals surface area contributed by atoms with Crippen molar-refractivity contribution in [3.8, 4) is 5.75 Å². The van der Waals surface area contributed by atoms with E-state index in [1.165, 1.54) is 31.5 Å². The molecule has 5 heteroatoms. The van der Waals surface area contributed by atoms with Crippen molar-refractivity contribution in [2.45, 2.75) is 25.5 Å². The van der Waals surface area contributed by atoms with Crippen molar-refractivity contribution in [1.29, 1.82) is 0 Å². The first-order valence-corrected chi connectivity index (χ1v) is 6.25. The van der Waals surface area contributed by atoms with Crippen LogP contribution >= 0.6 is 0 Å². The third kappa shape index (κ3) is 3.93. The van der Waals surface area contributed by atoms with Gasteiger partial charge in [0.15, 0.2) is 0 Å². The van der Waals surface area contributed by atoms with Crippen LogP contribution in [-0.2, 0) is 11.0 Å². The number of halogens is 1. The van der Waals surface area contributed by atoms with Crippen LogP contribution in [0, 0.1) is 5.82 Å². The lowest BCUT2D eigenvalue weighted by Gasteiger charge is -2.13. The summed E-state index contributed by atoms with van der Waals surface area (Å²) in [5, 5.41) is 0. The van der Waals surface area contributed by atoms with Crippen LogP contribution in [0.15, 0.2) is 22.6 Å². The normalized spacial score (nSPS) is 13.9. The van der Waals surface area contributed by atoms with Gasteiger partial charge in [0.25, 0.3) is 0 Å². The zero-order valence-electron chi connectivity index (χ0n) is 10.4. The molecule has 0 spiro atoms. The van der Waals surface area contributed by atoms with Gasteiger partial charge in [-0.05, 0) is 32.9 Å². The van der Waals surface area contributed by atoms with E-state index in [0.29, 0.717) is 11.3 Å². The Balaban J connectivity index is 2.96. The summed E-state index contributed by atoms with van der Waals surface area (Å²) in [6.07, 6.45) is 1.44. The van der Waals surface area contributed by atoms with Crippen molar-refractivity contribution < 1.29 is 13.3 Å². The lowest BCUT2D eigenvalue weighted by molar-refractivity contribution is 0.410. The van der Waals surface area contributed by atoms with E-state index in [9.17, 15) is 8.60 Å². The van der Waals surface area contributed by atoms with E-state index < -0.39 is 15.7 Å². The molecule has 94 valence electrons. The van der Waals surface area contributed by atoms with Gasteiger partial charge < -0.3 is 4.74 Å². The number of hydrogen-bond acceptors (Lipinski definition) is 2. The monoisotopic (exact) mass is 257 g/mol. The third-order valence-electron chi connectivity index (χ3n) is 2.01. The molecule has 1 atom stereocenters. The van der Waals surface area contributed by atoms with E-state index in [4.69, 9.17) is 4.74 Å². The highest BCUT2D eigenvalue weighted by Gasteiger charge is 2.18. The summed E-state index contributed by atoms with van der Waals surface area (Å²) in [4.78, 5) is 0. The van der Waals surface area contributed by atoms with Crippen LogP contribution in [0.25, 0.3) is 0 Å². The molecule has 0 aliphatic rings. The maximum atomic E-state index is 12.9. The molecule has 0 aromatic heterocycles. The van der Waals surface area contributed by atoms with Crippen molar-refractivity contribution >= 4 is 17.2 Å².